The fourth-order valence-corrected chi connectivity index (χ4v) is 5.41. The van der Waals surface area contributed by atoms with Gasteiger partial charge in [0, 0.05) is 47.5 Å². The fourth-order valence-electron chi connectivity index (χ4n) is 4.51. The number of hydrogen-bond acceptors (Lipinski definition) is 4. The van der Waals surface area contributed by atoms with E-state index in [-0.39, 0.29) is 40.2 Å². The Morgan fingerprint density at radius 3 is 2.34 bits per heavy atom. The van der Waals surface area contributed by atoms with Gasteiger partial charge in [-0.2, -0.15) is 0 Å². The monoisotopic (exact) mass is 422 g/mol. The van der Waals surface area contributed by atoms with Crippen molar-refractivity contribution in [2.75, 3.05) is 31.9 Å². The van der Waals surface area contributed by atoms with Gasteiger partial charge in [0.1, 0.15) is 0 Å². The third-order valence-electron chi connectivity index (χ3n) is 5.98. The van der Waals surface area contributed by atoms with Crippen LogP contribution in [0.25, 0.3) is 0 Å². The molecule has 1 saturated carbocycles. The first-order chi connectivity index (χ1) is 13.7. The van der Waals surface area contributed by atoms with Gasteiger partial charge >= 0.3 is 0 Å². The molecule has 5 unspecified atom stereocenters. The second kappa shape index (κ2) is 8.98. The smallest absolute Gasteiger partial charge is 0.233 e. The zero-order chi connectivity index (χ0) is 21.2. The molecule has 0 aromatic carbocycles. The highest BCUT2D eigenvalue weighted by atomic mass is 32.2. The lowest BCUT2D eigenvalue weighted by Gasteiger charge is -2.19. The molecule has 5 atom stereocenters. The molecule has 2 fully saturated rings. The van der Waals surface area contributed by atoms with Crippen molar-refractivity contribution in [3.05, 3.63) is 12.2 Å². The summed E-state index contributed by atoms with van der Waals surface area (Å²) in [6, 6.07) is 0. The summed E-state index contributed by atoms with van der Waals surface area (Å²) in [5.41, 5.74) is 0. The van der Waals surface area contributed by atoms with E-state index in [1.165, 1.54) is 4.90 Å². The van der Waals surface area contributed by atoms with Crippen LogP contribution < -0.4 is 10.6 Å². The fraction of sp³-hybridized carbons (Fsp3) is 0.762. The van der Waals surface area contributed by atoms with Gasteiger partial charge in [-0.3, -0.25) is 23.7 Å². The minimum Gasteiger partial charge on any atom is -0.357 e. The van der Waals surface area contributed by atoms with Crippen molar-refractivity contribution in [2.24, 2.45) is 28.7 Å². The number of rotatable bonds is 8. The third kappa shape index (κ3) is 4.73. The number of amides is 2. The van der Waals surface area contributed by atoms with E-state index in [1.807, 2.05) is 27.7 Å². The Balaban J connectivity index is 1.45. The number of nitrogens with one attached hydrogen (secondary N) is 2. The molecule has 7 nitrogen and oxygen atoms in total. The number of carbonyl (C=O) groups is 2. The first-order valence-electron chi connectivity index (χ1n) is 10.7. The van der Waals surface area contributed by atoms with Crippen LogP contribution in [0.4, 0.5) is 0 Å². The number of carbonyl (C=O) groups excluding carboxylic acids is 2. The molecule has 162 valence electrons. The van der Waals surface area contributed by atoms with Crippen molar-refractivity contribution in [3.63, 3.8) is 0 Å². The van der Waals surface area contributed by atoms with E-state index in [9.17, 15) is 13.8 Å². The van der Waals surface area contributed by atoms with Crippen LogP contribution >= 0.6 is 0 Å². The SMILES string of the molecule is CCNC(=NCCCN1C(=O)C2C3C=CC(C3)C2C1=O)NCCS(=O)C(C)(C)C. The minimum absolute atomic E-state index is 0.00974. The molecule has 0 spiro atoms. The lowest BCUT2D eigenvalue weighted by Crippen LogP contribution is -2.40. The highest BCUT2D eigenvalue weighted by Gasteiger charge is 2.58. The average molecular weight is 423 g/mol. The van der Waals surface area contributed by atoms with E-state index in [4.69, 9.17) is 0 Å². The van der Waals surface area contributed by atoms with Gasteiger partial charge in [-0.05, 0) is 52.4 Å². The Morgan fingerprint density at radius 2 is 1.79 bits per heavy atom. The summed E-state index contributed by atoms with van der Waals surface area (Å²) < 4.78 is 11.9. The van der Waals surface area contributed by atoms with E-state index < -0.39 is 10.8 Å². The van der Waals surface area contributed by atoms with Gasteiger partial charge in [0.2, 0.25) is 11.8 Å². The van der Waals surface area contributed by atoms with Gasteiger partial charge in [0.05, 0.1) is 11.8 Å². The first kappa shape index (κ1) is 22.0. The van der Waals surface area contributed by atoms with E-state index in [2.05, 4.69) is 27.8 Å². The van der Waals surface area contributed by atoms with E-state index in [0.29, 0.717) is 37.8 Å². The molecule has 0 aromatic heterocycles. The van der Waals surface area contributed by atoms with Crippen molar-refractivity contribution in [2.45, 2.75) is 45.3 Å². The molecular weight excluding hydrogens is 388 g/mol. The van der Waals surface area contributed by atoms with E-state index in [1.54, 1.807) is 0 Å². The zero-order valence-corrected chi connectivity index (χ0v) is 18.8. The van der Waals surface area contributed by atoms with Gasteiger partial charge in [-0.1, -0.05) is 12.2 Å². The molecule has 3 rings (SSSR count). The van der Waals surface area contributed by atoms with Crippen LogP contribution in [-0.2, 0) is 20.4 Å². The van der Waals surface area contributed by atoms with E-state index in [0.717, 1.165) is 13.0 Å². The van der Waals surface area contributed by atoms with Crippen LogP contribution in [0.1, 0.15) is 40.5 Å². The third-order valence-corrected chi connectivity index (χ3v) is 7.92. The molecule has 29 heavy (non-hydrogen) atoms. The second-order valence-electron chi connectivity index (χ2n) is 9.03. The topological polar surface area (TPSA) is 90.9 Å². The Labute approximate surface area is 176 Å². The molecule has 8 heteroatoms. The quantitative estimate of drug-likeness (QED) is 0.202. The van der Waals surface area contributed by atoms with Gasteiger partial charge < -0.3 is 10.6 Å². The summed E-state index contributed by atoms with van der Waals surface area (Å²) in [5.74, 6) is 1.53. The first-order valence-corrected chi connectivity index (χ1v) is 12.0. The van der Waals surface area contributed by atoms with Crippen molar-refractivity contribution >= 4 is 28.6 Å². The van der Waals surface area contributed by atoms with Crippen molar-refractivity contribution < 1.29 is 13.8 Å². The van der Waals surface area contributed by atoms with Crippen molar-refractivity contribution in [1.29, 1.82) is 0 Å². The molecule has 2 aliphatic carbocycles. The summed E-state index contributed by atoms with van der Waals surface area (Å²) in [7, 11) is -0.910. The van der Waals surface area contributed by atoms with Gasteiger partial charge in [-0.15, -0.1) is 0 Å². The predicted molar refractivity (Wildman–Crippen MR) is 116 cm³/mol. The van der Waals surface area contributed by atoms with Crippen LogP contribution in [0.2, 0.25) is 0 Å². The summed E-state index contributed by atoms with van der Waals surface area (Å²) in [6.07, 6.45) is 5.84. The standard InChI is InChI=1S/C21H34N4O3S/c1-5-22-20(24-10-12-29(28)21(2,3)4)23-9-6-11-25-18(26)16-14-7-8-15(13-14)17(16)19(25)27/h7-8,14-17H,5-6,9-13H2,1-4H3,(H2,22,23,24). The maximum atomic E-state index is 12.7. The Morgan fingerprint density at radius 1 is 1.17 bits per heavy atom. The van der Waals surface area contributed by atoms with Crippen LogP contribution in [0, 0.1) is 23.7 Å². The summed E-state index contributed by atoms with van der Waals surface area (Å²) in [5, 5.41) is 6.39. The van der Waals surface area contributed by atoms with Crippen molar-refractivity contribution in [1.82, 2.24) is 15.5 Å². The average Bonchev–Trinajstić information content (AvgIpc) is 3.33. The lowest BCUT2D eigenvalue weighted by molar-refractivity contribution is -0.140. The molecule has 1 aliphatic heterocycles. The molecule has 1 heterocycles. The Kier molecular flexibility index (Phi) is 6.81. The van der Waals surface area contributed by atoms with Crippen LogP contribution in [0.15, 0.2) is 17.1 Å². The maximum Gasteiger partial charge on any atom is 0.233 e. The largest absolute Gasteiger partial charge is 0.357 e. The number of fused-ring (bicyclic) bond motifs is 5. The number of likely N-dealkylation sites (tertiary alicyclic amines) is 1. The van der Waals surface area contributed by atoms with Gasteiger partial charge in [0.15, 0.2) is 5.96 Å². The number of hydrogen-bond donors (Lipinski definition) is 2. The van der Waals surface area contributed by atoms with Gasteiger partial charge in [0.25, 0.3) is 0 Å². The number of imide groups is 1. The number of aliphatic imine (C=N–C) groups is 1. The second-order valence-corrected chi connectivity index (χ2v) is 11.4. The molecule has 3 aliphatic rings. The number of guanidine groups is 1. The lowest BCUT2D eigenvalue weighted by atomic mass is 9.85. The van der Waals surface area contributed by atoms with E-state index >= 15 is 0 Å². The van der Waals surface area contributed by atoms with Gasteiger partial charge in [-0.25, -0.2) is 0 Å². The highest BCUT2D eigenvalue weighted by molar-refractivity contribution is 7.86. The molecule has 0 radical (unpaired) electrons. The predicted octanol–water partition coefficient (Wildman–Crippen LogP) is 1.29. The number of nitrogens with zero attached hydrogens (tertiary/aromatic N) is 2. The maximum absolute atomic E-state index is 12.7. The van der Waals surface area contributed by atoms with Crippen LogP contribution in [0.5, 0.6) is 0 Å². The normalized spacial score (nSPS) is 29.5. The summed E-state index contributed by atoms with van der Waals surface area (Å²) in [6.45, 7) is 10.2. The summed E-state index contributed by atoms with van der Waals surface area (Å²) >= 11 is 0. The van der Waals surface area contributed by atoms with Crippen LogP contribution in [0.3, 0.4) is 0 Å². The molecular formula is C21H34N4O3S. The van der Waals surface area contributed by atoms with Crippen LogP contribution in [-0.4, -0.2) is 63.6 Å². The zero-order valence-electron chi connectivity index (χ0n) is 17.9. The molecule has 2 N–H and O–H groups in total. The molecule has 1 saturated heterocycles. The summed E-state index contributed by atoms with van der Waals surface area (Å²) in [4.78, 5) is 31.4. The molecule has 0 aromatic rings. The minimum atomic E-state index is -0.910. The molecule has 2 amide bonds. The number of allylic oxidation sites excluding steroid dienone is 2. The Bertz CT molecular complexity index is 698. The van der Waals surface area contributed by atoms with Crippen molar-refractivity contribution in [3.8, 4) is 0 Å². The highest BCUT2D eigenvalue weighted by Crippen LogP contribution is 2.52. The molecule has 2 bridgehead atoms. The Hall–Kier alpha value is -1.70.